The van der Waals surface area contributed by atoms with Crippen molar-refractivity contribution in [1.29, 1.82) is 0 Å². The van der Waals surface area contributed by atoms with Gasteiger partial charge in [-0.25, -0.2) is 4.79 Å². The summed E-state index contributed by atoms with van der Waals surface area (Å²) < 4.78 is 6.52. The molecule has 6 nitrogen and oxygen atoms in total. The molecule has 0 radical (unpaired) electrons. The van der Waals surface area contributed by atoms with Gasteiger partial charge < -0.3 is 9.84 Å². The molecule has 2 heterocycles. The molecule has 0 bridgehead atoms. The van der Waals surface area contributed by atoms with E-state index in [0.29, 0.717) is 18.7 Å². The number of pyridine rings is 1. The lowest BCUT2D eigenvalue weighted by molar-refractivity contribution is 0.0526. The summed E-state index contributed by atoms with van der Waals surface area (Å²) in [6.07, 6.45) is 4.95. The van der Waals surface area contributed by atoms with Gasteiger partial charge in [-0.2, -0.15) is 5.10 Å². The van der Waals surface area contributed by atoms with Crippen LogP contribution in [0.15, 0.2) is 30.7 Å². The summed E-state index contributed by atoms with van der Waals surface area (Å²) in [5, 5.41) is 12.9. The predicted molar refractivity (Wildman–Crippen MR) is 68.5 cm³/mol. The van der Waals surface area contributed by atoms with Crippen LogP contribution in [0.3, 0.4) is 0 Å². The van der Waals surface area contributed by atoms with Gasteiger partial charge in [0.1, 0.15) is 0 Å². The van der Waals surface area contributed by atoms with E-state index in [1.807, 2.05) is 0 Å². The van der Waals surface area contributed by atoms with E-state index >= 15 is 0 Å². The highest BCUT2D eigenvalue weighted by Gasteiger charge is 2.08. The second-order valence-corrected chi connectivity index (χ2v) is 3.87. The summed E-state index contributed by atoms with van der Waals surface area (Å²) in [6.45, 7) is 2.58. The van der Waals surface area contributed by atoms with Gasteiger partial charge in [0.15, 0.2) is 0 Å². The van der Waals surface area contributed by atoms with E-state index in [9.17, 15) is 4.79 Å². The highest BCUT2D eigenvalue weighted by molar-refractivity contribution is 5.89. The van der Waals surface area contributed by atoms with Crippen LogP contribution in [-0.2, 0) is 11.3 Å². The number of aromatic nitrogens is 3. The molecule has 0 fully saturated rings. The highest BCUT2D eigenvalue weighted by atomic mass is 16.5. The molecule has 0 saturated carbocycles. The lowest BCUT2D eigenvalue weighted by Crippen LogP contribution is -2.04. The lowest BCUT2D eigenvalue weighted by atomic mass is 10.2. The average molecular weight is 261 g/mol. The van der Waals surface area contributed by atoms with E-state index in [-0.39, 0.29) is 12.6 Å². The van der Waals surface area contributed by atoms with Crippen molar-refractivity contribution in [3.63, 3.8) is 0 Å². The summed E-state index contributed by atoms with van der Waals surface area (Å²) >= 11 is 0. The Bertz CT molecular complexity index is 549. The van der Waals surface area contributed by atoms with Crippen molar-refractivity contribution < 1.29 is 14.6 Å². The first-order valence-corrected chi connectivity index (χ1v) is 6.01. The number of carbonyl (C=O) groups excluding carboxylic acids is 1. The largest absolute Gasteiger partial charge is 0.462 e. The van der Waals surface area contributed by atoms with Gasteiger partial charge in [-0.05, 0) is 19.1 Å². The Kier molecular flexibility index (Phi) is 4.25. The van der Waals surface area contributed by atoms with Crippen LogP contribution in [0.2, 0.25) is 0 Å². The zero-order valence-electron chi connectivity index (χ0n) is 10.6. The zero-order chi connectivity index (χ0) is 13.7. The molecule has 1 N–H and O–H groups in total. The maximum atomic E-state index is 11.5. The second kappa shape index (κ2) is 6.10. The Morgan fingerprint density at radius 3 is 2.89 bits per heavy atom. The first-order chi connectivity index (χ1) is 9.24. The van der Waals surface area contributed by atoms with E-state index in [2.05, 4.69) is 10.1 Å². The van der Waals surface area contributed by atoms with Gasteiger partial charge in [-0.15, -0.1) is 0 Å². The standard InChI is InChI=1S/C13H15N3O3/c1-2-19-13(18)10-3-4-12(14-7-10)11-8-15-16(9-11)5-6-17/h3-4,7-9,17H,2,5-6H2,1H3. The van der Waals surface area contributed by atoms with Crippen LogP contribution in [0.25, 0.3) is 11.3 Å². The molecule has 0 spiro atoms. The number of ether oxygens (including phenoxy) is 1. The Hall–Kier alpha value is -2.21. The minimum atomic E-state index is -0.377. The molecule has 0 aliphatic rings. The van der Waals surface area contributed by atoms with Gasteiger partial charge in [0, 0.05) is 18.0 Å². The highest BCUT2D eigenvalue weighted by Crippen LogP contribution is 2.16. The lowest BCUT2D eigenvalue weighted by Gasteiger charge is -2.02. The van der Waals surface area contributed by atoms with Gasteiger partial charge in [-0.1, -0.05) is 0 Å². The van der Waals surface area contributed by atoms with Crippen molar-refractivity contribution >= 4 is 5.97 Å². The van der Waals surface area contributed by atoms with Crippen molar-refractivity contribution in [1.82, 2.24) is 14.8 Å². The molecule has 0 unspecified atom stereocenters. The molecule has 0 atom stereocenters. The molecule has 0 saturated heterocycles. The first kappa shape index (κ1) is 13.2. The fourth-order valence-corrected chi connectivity index (χ4v) is 1.62. The average Bonchev–Trinajstić information content (AvgIpc) is 2.88. The van der Waals surface area contributed by atoms with E-state index in [1.165, 1.54) is 6.20 Å². The molecular weight excluding hydrogens is 246 g/mol. The molecule has 6 heteroatoms. The van der Waals surface area contributed by atoms with Crippen LogP contribution < -0.4 is 0 Å². The maximum absolute atomic E-state index is 11.5. The fraction of sp³-hybridized carbons (Fsp3) is 0.308. The Balaban J connectivity index is 2.15. The predicted octanol–water partition coefficient (Wildman–Crippen LogP) is 1.11. The monoisotopic (exact) mass is 261 g/mol. The molecule has 0 aliphatic carbocycles. The number of hydrogen-bond donors (Lipinski definition) is 1. The summed E-state index contributed by atoms with van der Waals surface area (Å²) in [6, 6.07) is 3.41. The normalized spacial score (nSPS) is 10.4. The van der Waals surface area contributed by atoms with E-state index in [1.54, 1.807) is 36.1 Å². The van der Waals surface area contributed by atoms with Crippen molar-refractivity contribution in [2.75, 3.05) is 13.2 Å². The van der Waals surface area contributed by atoms with Crippen molar-refractivity contribution in [2.45, 2.75) is 13.5 Å². The summed E-state index contributed by atoms with van der Waals surface area (Å²) in [5.74, 6) is -0.377. The summed E-state index contributed by atoms with van der Waals surface area (Å²) in [4.78, 5) is 15.7. The number of nitrogens with zero attached hydrogens (tertiary/aromatic N) is 3. The summed E-state index contributed by atoms with van der Waals surface area (Å²) in [7, 11) is 0. The number of aliphatic hydroxyl groups excluding tert-OH is 1. The summed E-state index contributed by atoms with van der Waals surface area (Å²) in [5.41, 5.74) is 1.98. The smallest absolute Gasteiger partial charge is 0.339 e. The van der Waals surface area contributed by atoms with Gasteiger partial charge in [0.05, 0.1) is 37.2 Å². The molecule has 0 aliphatic heterocycles. The minimum absolute atomic E-state index is 0.0380. The molecule has 0 aromatic carbocycles. The third kappa shape index (κ3) is 3.17. The topological polar surface area (TPSA) is 77.2 Å². The number of aliphatic hydroxyl groups is 1. The Morgan fingerprint density at radius 2 is 2.26 bits per heavy atom. The fourth-order valence-electron chi connectivity index (χ4n) is 1.62. The van der Waals surface area contributed by atoms with Gasteiger partial charge in [0.2, 0.25) is 0 Å². The number of rotatable bonds is 5. The zero-order valence-corrected chi connectivity index (χ0v) is 10.6. The van der Waals surface area contributed by atoms with E-state index in [4.69, 9.17) is 9.84 Å². The van der Waals surface area contributed by atoms with Gasteiger partial charge >= 0.3 is 5.97 Å². The third-order valence-corrected chi connectivity index (χ3v) is 2.53. The Labute approximate surface area is 110 Å². The van der Waals surface area contributed by atoms with Crippen LogP contribution in [0.4, 0.5) is 0 Å². The number of carbonyl (C=O) groups is 1. The first-order valence-electron chi connectivity index (χ1n) is 6.01. The van der Waals surface area contributed by atoms with Crippen LogP contribution in [0.1, 0.15) is 17.3 Å². The van der Waals surface area contributed by atoms with Crippen LogP contribution in [0.5, 0.6) is 0 Å². The minimum Gasteiger partial charge on any atom is -0.462 e. The van der Waals surface area contributed by atoms with Gasteiger partial charge in [-0.3, -0.25) is 9.67 Å². The van der Waals surface area contributed by atoms with Crippen molar-refractivity contribution in [3.05, 3.63) is 36.3 Å². The molecular formula is C13H15N3O3. The van der Waals surface area contributed by atoms with Crippen LogP contribution >= 0.6 is 0 Å². The van der Waals surface area contributed by atoms with Crippen molar-refractivity contribution in [2.24, 2.45) is 0 Å². The number of esters is 1. The molecule has 2 aromatic rings. The van der Waals surface area contributed by atoms with E-state index in [0.717, 1.165) is 11.3 Å². The third-order valence-electron chi connectivity index (χ3n) is 2.53. The maximum Gasteiger partial charge on any atom is 0.339 e. The molecule has 2 rings (SSSR count). The second-order valence-electron chi connectivity index (χ2n) is 3.87. The van der Waals surface area contributed by atoms with Crippen molar-refractivity contribution in [3.8, 4) is 11.3 Å². The quantitative estimate of drug-likeness (QED) is 0.816. The molecule has 2 aromatic heterocycles. The number of hydrogen-bond acceptors (Lipinski definition) is 5. The van der Waals surface area contributed by atoms with E-state index < -0.39 is 0 Å². The Morgan fingerprint density at radius 1 is 1.42 bits per heavy atom. The van der Waals surface area contributed by atoms with Gasteiger partial charge in [0.25, 0.3) is 0 Å². The molecule has 100 valence electrons. The molecule has 0 amide bonds. The SMILES string of the molecule is CCOC(=O)c1ccc(-c2cnn(CCO)c2)nc1. The molecule has 19 heavy (non-hydrogen) atoms. The van der Waals surface area contributed by atoms with Crippen LogP contribution in [0, 0.1) is 0 Å². The van der Waals surface area contributed by atoms with Crippen LogP contribution in [-0.4, -0.2) is 39.1 Å².